The number of rotatable bonds is 4. The van der Waals surface area contributed by atoms with Crippen molar-refractivity contribution in [3.05, 3.63) is 89.9 Å². The lowest BCUT2D eigenvalue weighted by Crippen LogP contribution is -2.22. The third kappa shape index (κ3) is 3.19. The van der Waals surface area contributed by atoms with E-state index in [1.165, 1.54) is 6.07 Å². The first-order chi connectivity index (χ1) is 12.7. The smallest absolute Gasteiger partial charge is 0.251 e. The van der Waals surface area contributed by atoms with E-state index in [9.17, 15) is 9.18 Å². The molecule has 0 atom stereocenters. The topological polar surface area (TPSA) is 55.1 Å². The molecule has 0 aliphatic heterocycles. The number of hydrogen-bond acceptors (Lipinski definition) is 3. The lowest BCUT2D eigenvalue weighted by Gasteiger charge is -2.04. The summed E-state index contributed by atoms with van der Waals surface area (Å²) >= 11 is 0. The van der Waals surface area contributed by atoms with Gasteiger partial charge in [-0.2, -0.15) is 0 Å². The highest BCUT2D eigenvalue weighted by atomic mass is 19.1. The first kappa shape index (κ1) is 16.0. The summed E-state index contributed by atoms with van der Waals surface area (Å²) in [5.41, 5.74) is 1.44. The first-order valence-corrected chi connectivity index (χ1v) is 8.18. The van der Waals surface area contributed by atoms with E-state index < -0.39 is 0 Å². The van der Waals surface area contributed by atoms with Gasteiger partial charge in [0.25, 0.3) is 5.91 Å². The van der Waals surface area contributed by atoms with Gasteiger partial charge < -0.3 is 9.84 Å². The molecule has 1 aromatic heterocycles. The van der Waals surface area contributed by atoms with Crippen LogP contribution in [0.5, 0.6) is 0 Å². The molecular weight excluding hydrogens is 331 g/mol. The molecule has 3 aromatic carbocycles. The minimum Gasteiger partial charge on any atom is -0.356 e. The van der Waals surface area contributed by atoms with Crippen LogP contribution in [0.2, 0.25) is 0 Å². The highest BCUT2D eigenvalue weighted by Gasteiger charge is 2.12. The van der Waals surface area contributed by atoms with Gasteiger partial charge in [-0.3, -0.25) is 4.79 Å². The van der Waals surface area contributed by atoms with Gasteiger partial charge in [0.05, 0.1) is 12.1 Å². The van der Waals surface area contributed by atoms with Gasteiger partial charge in [0.1, 0.15) is 11.5 Å². The molecule has 26 heavy (non-hydrogen) atoms. The maximum Gasteiger partial charge on any atom is 0.251 e. The molecule has 1 N–H and O–H groups in total. The first-order valence-electron chi connectivity index (χ1n) is 8.18. The molecule has 0 aliphatic rings. The number of fused-ring (bicyclic) bond motifs is 1. The van der Waals surface area contributed by atoms with Crippen molar-refractivity contribution in [2.45, 2.75) is 6.54 Å². The van der Waals surface area contributed by atoms with Gasteiger partial charge in [0, 0.05) is 11.6 Å². The average Bonchev–Trinajstić information content (AvgIpc) is 3.15. The number of halogens is 1. The monoisotopic (exact) mass is 346 g/mol. The summed E-state index contributed by atoms with van der Waals surface area (Å²) < 4.78 is 19.0. The molecule has 0 saturated heterocycles. The maximum atomic E-state index is 13.8. The zero-order chi connectivity index (χ0) is 17.9. The Morgan fingerprint density at radius 1 is 0.962 bits per heavy atom. The molecule has 0 saturated carbocycles. The van der Waals surface area contributed by atoms with Crippen molar-refractivity contribution in [2.24, 2.45) is 0 Å². The number of aromatic nitrogens is 1. The Morgan fingerprint density at radius 3 is 2.58 bits per heavy atom. The van der Waals surface area contributed by atoms with E-state index >= 15 is 0 Å². The summed E-state index contributed by atoms with van der Waals surface area (Å²) in [6.07, 6.45) is 0. The van der Waals surface area contributed by atoms with Crippen LogP contribution in [0, 0.1) is 5.82 Å². The lowest BCUT2D eigenvalue weighted by molar-refractivity contribution is 0.0950. The molecule has 4 nitrogen and oxygen atoms in total. The predicted molar refractivity (Wildman–Crippen MR) is 97.0 cm³/mol. The number of nitrogens with one attached hydrogen (secondary N) is 1. The van der Waals surface area contributed by atoms with Gasteiger partial charge in [-0.1, -0.05) is 47.6 Å². The zero-order valence-electron chi connectivity index (χ0n) is 13.8. The van der Waals surface area contributed by atoms with E-state index in [0.717, 1.165) is 10.8 Å². The van der Waals surface area contributed by atoms with Crippen molar-refractivity contribution in [1.29, 1.82) is 0 Å². The van der Waals surface area contributed by atoms with Crippen LogP contribution in [-0.4, -0.2) is 11.1 Å². The van der Waals surface area contributed by atoms with Crippen molar-refractivity contribution in [1.82, 2.24) is 10.5 Å². The Hall–Kier alpha value is -3.47. The number of hydrogen-bond donors (Lipinski definition) is 1. The van der Waals surface area contributed by atoms with Crippen LogP contribution >= 0.6 is 0 Å². The highest BCUT2D eigenvalue weighted by molar-refractivity contribution is 5.98. The van der Waals surface area contributed by atoms with Crippen LogP contribution in [0.4, 0.5) is 4.39 Å². The van der Waals surface area contributed by atoms with Crippen LogP contribution in [0.15, 0.2) is 77.3 Å². The van der Waals surface area contributed by atoms with Gasteiger partial charge in [-0.25, -0.2) is 4.39 Å². The Bertz CT molecular complexity index is 1090. The molecule has 1 amide bonds. The molecular formula is C21H15FN2O2. The normalized spacial score (nSPS) is 10.8. The second-order valence-corrected chi connectivity index (χ2v) is 5.91. The molecule has 0 aliphatic carbocycles. The number of nitrogens with zero attached hydrogens (tertiary/aromatic N) is 1. The van der Waals surface area contributed by atoms with E-state index in [4.69, 9.17) is 4.52 Å². The van der Waals surface area contributed by atoms with Crippen molar-refractivity contribution < 1.29 is 13.7 Å². The van der Waals surface area contributed by atoms with Crippen LogP contribution in [0.25, 0.3) is 22.1 Å². The number of carbonyl (C=O) groups is 1. The molecule has 128 valence electrons. The molecule has 5 heteroatoms. The van der Waals surface area contributed by atoms with Crippen molar-refractivity contribution >= 4 is 16.7 Å². The van der Waals surface area contributed by atoms with Gasteiger partial charge >= 0.3 is 0 Å². The second kappa shape index (κ2) is 6.80. The van der Waals surface area contributed by atoms with Gasteiger partial charge in [-0.15, -0.1) is 0 Å². The Labute approximate surface area is 149 Å². The third-order valence-electron chi connectivity index (χ3n) is 4.14. The van der Waals surface area contributed by atoms with E-state index in [-0.39, 0.29) is 18.3 Å². The SMILES string of the molecule is O=C(NCc1cc(-c2ccccc2F)on1)c1ccc2ccccc2c1. The van der Waals surface area contributed by atoms with E-state index in [1.54, 1.807) is 30.3 Å². The van der Waals surface area contributed by atoms with Gasteiger partial charge in [0.15, 0.2) is 5.76 Å². The summed E-state index contributed by atoms with van der Waals surface area (Å²) in [4.78, 5) is 12.4. The van der Waals surface area contributed by atoms with Gasteiger partial charge in [0.2, 0.25) is 0 Å². The molecule has 0 fully saturated rings. The predicted octanol–water partition coefficient (Wildman–Crippen LogP) is 4.56. The number of amides is 1. The molecule has 4 aromatic rings. The standard InChI is InChI=1S/C21H15FN2O2/c22-19-8-4-3-7-18(19)20-12-17(24-26-20)13-23-21(25)16-10-9-14-5-1-2-6-15(14)11-16/h1-12H,13H2,(H,23,25). The lowest BCUT2D eigenvalue weighted by atomic mass is 10.1. The van der Waals surface area contributed by atoms with Crippen molar-refractivity contribution in [2.75, 3.05) is 0 Å². The Kier molecular flexibility index (Phi) is 4.19. The fourth-order valence-electron chi connectivity index (χ4n) is 2.79. The molecule has 0 bridgehead atoms. The highest BCUT2D eigenvalue weighted by Crippen LogP contribution is 2.23. The van der Waals surface area contributed by atoms with E-state index in [0.29, 0.717) is 22.6 Å². The fraction of sp³-hybridized carbons (Fsp3) is 0.0476. The van der Waals surface area contributed by atoms with Crippen molar-refractivity contribution in [3.8, 4) is 11.3 Å². The molecule has 0 spiro atoms. The fourth-order valence-corrected chi connectivity index (χ4v) is 2.79. The molecule has 0 unspecified atom stereocenters. The molecule has 1 heterocycles. The summed E-state index contributed by atoms with van der Waals surface area (Å²) in [5, 5.41) is 8.78. The van der Waals surface area contributed by atoms with Crippen LogP contribution < -0.4 is 5.32 Å². The maximum absolute atomic E-state index is 13.8. The van der Waals surface area contributed by atoms with Gasteiger partial charge in [-0.05, 0) is 35.0 Å². The second-order valence-electron chi connectivity index (χ2n) is 5.91. The third-order valence-corrected chi connectivity index (χ3v) is 4.14. The van der Waals surface area contributed by atoms with E-state index in [1.807, 2.05) is 36.4 Å². The van der Waals surface area contributed by atoms with Crippen LogP contribution in [-0.2, 0) is 6.54 Å². The minimum absolute atomic E-state index is 0.198. The number of benzene rings is 3. The summed E-state index contributed by atoms with van der Waals surface area (Å²) in [7, 11) is 0. The van der Waals surface area contributed by atoms with Crippen LogP contribution in [0.1, 0.15) is 16.1 Å². The Morgan fingerprint density at radius 2 is 1.73 bits per heavy atom. The summed E-state index contributed by atoms with van der Waals surface area (Å²) in [6, 6.07) is 21.3. The largest absolute Gasteiger partial charge is 0.356 e. The Balaban J connectivity index is 1.47. The van der Waals surface area contributed by atoms with Crippen molar-refractivity contribution in [3.63, 3.8) is 0 Å². The van der Waals surface area contributed by atoms with Crippen LogP contribution in [0.3, 0.4) is 0 Å². The zero-order valence-corrected chi connectivity index (χ0v) is 13.8. The minimum atomic E-state index is -0.379. The van der Waals surface area contributed by atoms with E-state index in [2.05, 4.69) is 10.5 Å². The molecule has 4 rings (SSSR count). The quantitative estimate of drug-likeness (QED) is 0.589. The average molecular weight is 346 g/mol. The summed E-state index contributed by atoms with van der Waals surface area (Å²) in [6.45, 7) is 0.198. The molecule has 0 radical (unpaired) electrons. The summed E-state index contributed by atoms with van der Waals surface area (Å²) in [5.74, 6) is -0.250. The number of carbonyl (C=O) groups excluding carboxylic acids is 1.